The molecule has 0 aliphatic heterocycles. The Morgan fingerprint density at radius 3 is 2.22 bits per heavy atom. The maximum Gasteiger partial charge on any atom is 0.326 e. The lowest BCUT2D eigenvalue weighted by Gasteiger charge is -2.20. The fraction of sp³-hybridized carbons (Fsp3) is 0.800. The van der Waals surface area contributed by atoms with Gasteiger partial charge in [0.2, 0.25) is 5.91 Å². The molecular weight excluding hydrogens is 260 g/mol. The van der Waals surface area contributed by atoms with E-state index in [-0.39, 0.29) is 18.6 Å². The molecule has 0 saturated heterocycles. The van der Waals surface area contributed by atoms with E-state index >= 15 is 0 Å². The highest BCUT2D eigenvalue weighted by atomic mass is 32.2. The number of nitrogens with one attached hydrogen (secondary N) is 1. The van der Waals surface area contributed by atoms with Gasteiger partial charge in [-0.25, -0.2) is 13.2 Å². The molecule has 0 fully saturated rings. The Balaban J connectivity index is 4.46. The van der Waals surface area contributed by atoms with Gasteiger partial charge in [-0.1, -0.05) is 0 Å². The lowest BCUT2D eigenvalue weighted by atomic mass is 10.0. The molecule has 0 spiro atoms. The standard InChI is InChI=1S/C10H20N2O5S/c1-10(2,11)6-8(13)12-7(9(14)15)4-5-18(3,16)17/h7H,4-6,11H2,1-3H3,(H,12,13)(H,14,15). The van der Waals surface area contributed by atoms with Crippen molar-refractivity contribution in [2.75, 3.05) is 12.0 Å². The van der Waals surface area contributed by atoms with Crippen LogP contribution in [0.4, 0.5) is 0 Å². The zero-order valence-corrected chi connectivity index (χ0v) is 11.6. The van der Waals surface area contributed by atoms with Crippen LogP contribution in [0.5, 0.6) is 0 Å². The summed E-state index contributed by atoms with van der Waals surface area (Å²) in [6.07, 6.45) is 0.817. The molecule has 0 aliphatic carbocycles. The molecule has 1 unspecified atom stereocenters. The molecule has 0 aromatic carbocycles. The van der Waals surface area contributed by atoms with Crippen LogP contribution in [0.15, 0.2) is 0 Å². The fourth-order valence-corrected chi connectivity index (χ4v) is 1.91. The van der Waals surface area contributed by atoms with Crippen molar-refractivity contribution in [1.29, 1.82) is 0 Å². The van der Waals surface area contributed by atoms with E-state index in [1.54, 1.807) is 13.8 Å². The van der Waals surface area contributed by atoms with Gasteiger partial charge in [-0.15, -0.1) is 0 Å². The van der Waals surface area contributed by atoms with Crippen LogP contribution in [0.2, 0.25) is 0 Å². The van der Waals surface area contributed by atoms with E-state index in [0.29, 0.717) is 0 Å². The summed E-state index contributed by atoms with van der Waals surface area (Å²) < 4.78 is 21.9. The second-order valence-electron chi connectivity index (χ2n) is 5.04. The van der Waals surface area contributed by atoms with E-state index in [2.05, 4.69) is 5.32 Å². The van der Waals surface area contributed by atoms with Crippen LogP contribution in [0.25, 0.3) is 0 Å². The van der Waals surface area contributed by atoms with Crippen LogP contribution in [-0.4, -0.2) is 49.0 Å². The highest BCUT2D eigenvalue weighted by Crippen LogP contribution is 2.04. The average molecular weight is 280 g/mol. The van der Waals surface area contributed by atoms with Gasteiger partial charge in [-0.3, -0.25) is 4.79 Å². The van der Waals surface area contributed by atoms with Gasteiger partial charge < -0.3 is 16.2 Å². The third-order valence-corrected chi connectivity index (χ3v) is 3.00. The number of nitrogens with two attached hydrogens (primary N) is 1. The molecule has 0 saturated carbocycles. The molecule has 0 aliphatic rings. The van der Waals surface area contributed by atoms with Crippen molar-refractivity contribution in [2.24, 2.45) is 5.73 Å². The Kier molecular flexibility index (Phi) is 5.75. The minimum Gasteiger partial charge on any atom is -0.480 e. The number of rotatable bonds is 7. The third kappa shape index (κ3) is 8.94. The highest BCUT2D eigenvalue weighted by Gasteiger charge is 2.24. The van der Waals surface area contributed by atoms with Gasteiger partial charge in [0.25, 0.3) is 0 Å². The Morgan fingerprint density at radius 2 is 1.89 bits per heavy atom. The number of hydrogen-bond acceptors (Lipinski definition) is 5. The second kappa shape index (κ2) is 6.14. The number of carbonyl (C=O) groups is 2. The molecule has 1 amide bonds. The Labute approximate surface area is 107 Å². The smallest absolute Gasteiger partial charge is 0.326 e. The first-order valence-corrected chi connectivity index (χ1v) is 7.45. The molecule has 18 heavy (non-hydrogen) atoms. The van der Waals surface area contributed by atoms with Crippen molar-refractivity contribution in [2.45, 2.75) is 38.3 Å². The van der Waals surface area contributed by atoms with Crippen LogP contribution in [0.3, 0.4) is 0 Å². The monoisotopic (exact) mass is 280 g/mol. The van der Waals surface area contributed by atoms with Gasteiger partial charge in [0.15, 0.2) is 0 Å². The van der Waals surface area contributed by atoms with E-state index in [9.17, 15) is 18.0 Å². The van der Waals surface area contributed by atoms with Crippen LogP contribution < -0.4 is 11.1 Å². The summed E-state index contributed by atoms with van der Waals surface area (Å²) in [5, 5.41) is 11.1. The Bertz CT molecular complexity index is 410. The summed E-state index contributed by atoms with van der Waals surface area (Å²) in [6, 6.07) is -1.21. The molecule has 0 radical (unpaired) electrons. The summed E-state index contributed by atoms with van der Waals surface area (Å²) in [7, 11) is -3.26. The summed E-state index contributed by atoms with van der Waals surface area (Å²) >= 11 is 0. The average Bonchev–Trinajstić information content (AvgIpc) is 2.06. The van der Waals surface area contributed by atoms with E-state index in [1.807, 2.05) is 0 Å². The maximum absolute atomic E-state index is 11.5. The fourth-order valence-electron chi connectivity index (χ4n) is 1.25. The van der Waals surface area contributed by atoms with Crippen molar-refractivity contribution in [3.05, 3.63) is 0 Å². The third-order valence-electron chi connectivity index (χ3n) is 2.03. The molecule has 0 bridgehead atoms. The van der Waals surface area contributed by atoms with E-state index in [0.717, 1.165) is 6.26 Å². The zero-order valence-electron chi connectivity index (χ0n) is 10.8. The molecule has 0 rings (SSSR count). The molecule has 0 aromatic heterocycles. The van der Waals surface area contributed by atoms with Crippen molar-refractivity contribution in [3.8, 4) is 0 Å². The first kappa shape index (κ1) is 16.9. The van der Waals surface area contributed by atoms with Gasteiger partial charge in [0.1, 0.15) is 15.9 Å². The predicted molar refractivity (Wildman–Crippen MR) is 66.8 cm³/mol. The van der Waals surface area contributed by atoms with E-state index in [1.165, 1.54) is 0 Å². The number of carboxylic acid groups (broad SMARTS) is 1. The number of sulfone groups is 1. The number of hydrogen-bond donors (Lipinski definition) is 3. The Morgan fingerprint density at radius 1 is 1.39 bits per heavy atom. The van der Waals surface area contributed by atoms with Gasteiger partial charge in [-0.2, -0.15) is 0 Å². The zero-order chi connectivity index (χ0) is 14.6. The number of amides is 1. The number of carboxylic acids is 1. The molecule has 7 nitrogen and oxygen atoms in total. The van der Waals surface area contributed by atoms with Gasteiger partial charge in [-0.05, 0) is 20.3 Å². The topological polar surface area (TPSA) is 127 Å². The summed E-state index contributed by atoms with van der Waals surface area (Å²) in [5.74, 6) is -2.07. The molecule has 106 valence electrons. The van der Waals surface area contributed by atoms with Crippen molar-refractivity contribution in [3.63, 3.8) is 0 Å². The first-order valence-electron chi connectivity index (χ1n) is 5.39. The molecular formula is C10H20N2O5S. The van der Waals surface area contributed by atoms with Crippen LogP contribution in [-0.2, 0) is 19.4 Å². The van der Waals surface area contributed by atoms with Crippen molar-refractivity contribution >= 4 is 21.7 Å². The molecule has 1 atom stereocenters. The number of aliphatic carboxylic acids is 1. The number of carbonyl (C=O) groups excluding carboxylic acids is 1. The van der Waals surface area contributed by atoms with Gasteiger partial charge >= 0.3 is 5.97 Å². The molecule has 8 heteroatoms. The quantitative estimate of drug-likeness (QED) is 0.555. The first-order chi connectivity index (χ1) is 7.91. The normalized spacial score (nSPS) is 14.0. The lowest BCUT2D eigenvalue weighted by Crippen LogP contribution is -2.46. The SMILES string of the molecule is CC(C)(N)CC(=O)NC(CCS(C)(=O)=O)C(=O)O. The van der Waals surface area contributed by atoms with Crippen LogP contribution >= 0.6 is 0 Å². The lowest BCUT2D eigenvalue weighted by molar-refractivity contribution is -0.142. The van der Waals surface area contributed by atoms with E-state index in [4.69, 9.17) is 10.8 Å². The second-order valence-corrected chi connectivity index (χ2v) is 7.30. The summed E-state index contributed by atoms with van der Waals surface area (Å²) in [6.45, 7) is 3.28. The molecule has 0 heterocycles. The maximum atomic E-state index is 11.5. The summed E-state index contributed by atoms with van der Waals surface area (Å²) in [4.78, 5) is 22.4. The highest BCUT2D eigenvalue weighted by molar-refractivity contribution is 7.90. The van der Waals surface area contributed by atoms with Crippen LogP contribution in [0.1, 0.15) is 26.7 Å². The van der Waals surface area contributed by atoms with Crippen molar-refractivity contribution < 1.29 is 23.1 Å². The molecule has 0 aromatic rings. The summed E-state index contributed by atoms with van der Waals surface area (Å²) in [5.41, 5.74) is 4.88. The van der Waals surface area contributed by atoms with Crippen LogP contribution in [0, 0.1) is 0 Å². The predicted octanol–water partition coefficient (Wildman–Crippen LogP) is -0.882. The minimum atomic E-state index is -3.26. The molecule has 4 N–H and O–H groups in total. The van der Waals surface area contributed by atoms with Gasteiger partial charge in [0, 0.05) is 18.2 Å². The van der Waals surface area contributed by atoms with Gasteiger partial charge in [0.05, 0.1) is 5.75 Å². The largest absolute Gasteiger partial charge is 0.480 e. The van der Waals surface area contributed by atoms with Crippen molar-refractivity contribution in [1.82, 2.24) is 5.32 Å². The van der Waals surface area contributed by atoms with E-state index < -0.39 is 33.3 Å². The Hall–Kier alpha value is -1.15. The minimum absolute atomic E-state index is 0.0321.